The molecule has 0 fully saturated rings. The van der Waals surface area contributed by atoms with Gasteiger partial charge in [0.15, 0.2) is 5.11 Å². The fourth-order valence-corrected chi connectivity index (χ4v) is 1.48. The van der Waals surface area contributed by atoms with Gasteiger partial charge in [0.05, 0.1) is 19.3 Å². The van der Waals surface area contributed by atoms with Crippen molar-refractivity contribution in [3.63, 3.8) is 0 Å². The van der Waals surface area contributed by atoms with Gasteiger partial charge in [-0.1, -0.05) is 12.1 Å². The van der Waals surface area contributed by atoms with Crippen molar-refractivity contribution in [1.82, 2.24) is 16.2 Å². The van der Waals surface area contributed by atoms with Crippen LogP contribution >= 0.6 is 12.2 Å². The van der Waals surface area contributed by atoms with Crippen LogP contribution in [0, 0.1) is 0 Å². The Bertz CT molecular complexity index is 440. The highest BCUT2D eigenvalue weighted by Crippen LogP contribution is 2.16. The summed E-state index contributed by atoms with van der Waals surface area (Å²) in [4.78, 5) is 11.9. The van der Waals surface area contributed by atoms with E-state index in [1.807, 2.05) is 0 Å². The predicted octanol–water partition coefficient (Wildman–Crippen LogP) is 0.450. The maximum atomic E-state index is 11.9. The van der Waals surface area contributed by atoms with Crippen LogP contribution in [-0.2, 0) is 4.74 Å². The highest BCUT2D eigenvalue weighted by Gasteiger charge is 2.10. The Hall–Kier alpha value is -1.86. The molecule has 0 spiro atoms. The second-order valence-corrected chi connectivity index (χ2v) is 3.94. The average Bonchev–Trinajstić information content (AvgIpc) is 2.45. The van der Waals surface area contributed by atoms with Crippen molar-refractivity contribution in [3.8, 4) is 5.75 Å². The number of amides is 1. The summed E-state index contributed by atoms with van der Waals surface area (Å²) in [6, 6.07) is 6.92. The summed E-state index contributed by atoms with van der Waals surface area (Å²) in [5, 5.41) is 3.19. The van der Waals surface area contributed by atoms with Gasteiger partial charge in [0.1, 0.15) is 5.75 Å². The molecule has 0 aliphatic carbocycles. The molecule has 0 radical (unpaired) electrons. The molecule has 6 nitrogen and oxygen atoms in total. The lowest BCUT2D eigenvalue weighted by Gasteiger charge is -2.12. The Kier molecular flexibility index (Phi) is 6.62. The Balaban J connectivity index is 2.44. The number of para-hydroxylation sites is 1. The van der Waals surface area contributed by atoms with Crippen LogP contribution in [0.4, 0.5) is 0 Å². The SMILES string of the molecule is COCCNC(=S)NNC(=O)c1ccccc1OC. The number of methoxy groups -OCH3 is 2. The summed E-state index contributed by atoms with van der Waals surface area (Å²) < 4.78 is 9.96. The first kappa shape index (κ1) is 15.2. The van der Waals surface area contributed by atoms with Gasteiger partial charge >= 0.3 is 0 Å². The molecule has 1 rings (SSSR count). The number of carbonyl (C=O) groups is 1. The molecule has 3 N–H and O–H groups in total. The van der Waals surface area contributed by atoms with E-state index >= 15 is 0 Å². The van der Waals surface area contributed by atoms with Gasteiger partial charge in [-0.2, -0.15) is 0 Å². The second kappa shape index (κ2) is 8.28. The van der Waals surface area contributed by atoms with E-state index in [9.17, 15) is 4.79 Å². The predicted molar refractivity (Wildman–Crippen MR) is 76.1 cm³/mol. The Morgan fingerprint density at radius 3 is 2.68 bits per heavy atom. The summed E-state index contributed by atoms with van der Waals surface area (Å²) in [7, 11) is 3.11. The number of ether oxygens (including phenoxy) is 2. The molecule has 0 aliphatic rings. The number of rotatable bonds is 5. The minimum absolute atomic E-state index is 0.320. The summed E-state index contributed by atoms with van der Waals surface area (Å²) in [6.07, 6.45) is 0. The lowest BCUT2D eigenvalue weighted by molar-refractivity contribution is 0.0940. The molecule has 0 aliphatic heterocycles. The van der Waals surface area contributed by atoms with Crippen molar-refractivity contribution < 1.29 is 14.3 Å². The Morgan fingerprint density at radius 2 is 2.00 bits per heavy atom. The van der Waals surface area contributed by atoms with Gasteiger partial charge in [-0.3, -0.25) is 15.6 Å². The molecule has 104 valence electrons. The van der Waals surface area contributed by atoms with Gasteiger partial charge in [-0.15, -0.1) is 0 Å². The normalized spacial score (nSPS) is 9.58. The second-order valence-electron chi connectivity index (χ2n) is 3.53. The molecule has 0 aromatic heterocycles. The summed E-state index contributed by atoms with van der Waals surface area (Å²) in [5.41, 5.74) is 5.52. The molecule has 0 unspecified atom stereocenters. The van der Waals surface area contributed by atoms with Gasteiger partial charge in [-0.05, 0) is 24.4 Å². The van der Waals surface area contributed by atoms with Crippen molar-refractivity contribution in [2.24, 2.45) is 0 Å². The summed E-state index contributed by atoms with van der Waals surface area (Å²) in [6.45, 7) is 1.09. The van der Waals surface area contributed by atoms with Gasteiger partial charge in [-0.25, -0.2) is 0 Å². The molecule has 1 aromatic rings. The van der Waals surface area contributed by atoms with Crippen molar-refractivity contribution in [3.05, 3.63) is 29.8 Å². The first-order valence-corrected chi connectivity index (χ1v) is 6.06. The molecule has 19 heavy (non-hydrogen) atoms. The number of carbonyl (C=O) groups excluding carboxylic acids is 1. The fraction of sp³-hybridized carbons (Fsp3) is 0.333. The maximum Gasteiger partial charge on any atom is 0.273 e. The first-order chi connectivity index (χ1) is 9.19. The summed E-state index contributed by atoms with van der Waals surface area (Å²) in [5.74, 6) is 0.174. The third-order valence-electron chi connectivity index (χ3n) is 2.23. The Labute approximate surface area is 117 Å². The zero-order valence-corrected chi connectivity index (χ0v) is 11.7. The van der Waals surface area contributed by atoms with E-state index in [4.69, 9.17) is 21.7 Å². The minimum atomic E-state index is -0.326. The number of thiocarbonyl (C=S) groups is 1. The van der Waals surface area contributed by atoms with E-state index in [-0.39, 0.29) is 5.91 Å². The smallest absolute Gasteiger partial charge is 0.273 e. The molecule has 1 aromatic carbocycles. The van der Waals surface area contributed by atoms with Crippen LogP contribution in [0.15, 0.2) is 24.3 Å². The molecule has 7 heteroatoms. The lowest BCUT2D eigenvalue weighted by Crippen LogP contribution is -2.47. The lowest BCUT2D eigenvalue weighted by atomic mass is 10.2. The molecular formula is C12H17N3O3S. The van der Waals surface area contributed by atoms with Crippen molar-refractivity contribution >= 4 is 23.2 Å². The first-order valence-electron chi connectivity index (χ1n) is 5.65. The average molecular weight is 283 g/mol. The van der Waals surface area contributed by atoms with E-state index in [1.165, 1.54) is 7.11 Å². The molecular weight excluding hydrogens is 266 g/mol. The molecule has 0 bridgehead atoms. The van der Waals surface area contributed by atoms with Crippen molar-refractivity contribution in [2.45, 2.75) is 0 Å². The van der Waals surface area contributed by atoms with Crippen LogP contribution in [0.5, 0.6) is 5.75 Å². The Morgan fingerprint density at radius 1 is 1.26 bits per heavy atom. The number of nitrogens with one attached hydrogen (secondary N) is 3. The highest BCUT2D eigenvalue weighted by atomic mass is 32.1. The van der Waals surface area contributed by atoms with E-state index in [2.05, 4.69) is 16.2 Å². The number of hydrazine groups is 1. The number of hydrogen-bond donors (Lipinski definition) is 3. The van der Waals surface area contributed by atoms with Gasteiger partial charge in [0.25, 0.3) is 5.91 Å². The third-order valence-corrected chi connectivity index (χ3v) is 2.48. The van der Waals surface area contributed by atoms with Gasteiger partial charge < -0.3 is 14.8 Å². The molecule has 0 saturated heterocycles. The third kappa shape index (κ3) is 5.11. The van der Waals surface area contributed by atoms with Crippen LogP contribution in [0.1, 0.15) is 10.4 Å². The molecule has 0 saturated carbocycles. The van der Waals surface area contributed by atoms with E-state index < -0.39 is 0 Å². The minimum Gasteiger partial charge on any atom is -0.496 e. The van der Waals surface area contributed by atoms with Crippen LogP contribution in [-0.4, -0.2) is 38.4 Å². The standard InChI is InChI=1S/C12H17N3O3S/c1-17-8-7-13-12(19)15-14-11(16)9-5-3-4-6-10(9)18-2/h3-6H,7-8H2,1-2H3,(H,14,16)(H2,13,15,19). The van der Waals surface area contributed by atoms with Crippen LogP contribution in [0.3, 0.4) is 0 Å². The summed E-state index contributed by atoms with van der Waals surface area (Å²) >= 11 is 4.97. The number of benzene rings is 1. The van der Waals surface area contributed by atoms with Crippen molar-refractivity contribution in [1.29, 1.82) is 0 Å². The fourth-order valence-electron chi connectivity index (χ4n) is 1.32. The number of hydrogen-bond acceptors (Lipinski definition) is 4. The molecule has 1 amide bonds. The van der Waals surface area contributed by atoms with E-state index in [0.717, 1.165) is 0 Å². The zero-order valence-electron chi connectivity index (χ0n) is 10.9. The molecule has 0 atom stereocenters. The van der Waals surface area contributed by atoms with Crippen LogP contribution < -0.4 is 20.9 Å². The van der Waals surface area contributed by atoms with Gasteiger partial charge in [0, 0.05) is 13.7 Å². The maximum absolute atomic E-state index is 11.9. The van der Waals surface area contributed by atoms with Gasteiger partial charge in [0.2, 0.25) is 0 Å². The highest BCUT2D eigenvalue weighted by molar-refractivity contribution is 7.80. The van der Waals surface area contributed by atoms with Crippen LogP contribution in [0.2, 0.25) is 0 Å². The zero-order chi connectivity index (χ0) is 14.1. The van der Waals surface area contributed by atoms with Crippen molar-refractivity contribution in [2.75, 3.05) is 27.4 Å². The largest absolute Gasteiger partial charge is 0.496 e. The monoisotopic (exact) mass is 283 g/mol. The topological polar surface area (TPSA) is 71.6 Å². The molecule has 0 heterocycles. The van der Waals surface area contributed by atoms with E-state index in [1.54, 1.807) is 31.4 Å². The quantitative estimate of drug-likeness (QED) is 0.414. The van der Waals surface area contributed by atoms with E-state index in [0.29, 0.717) is 29.6 Å². The van der Waals surface area contributed by atoms with Crippen LogP contribution in [0.25, 0.3) is 0 Å².